The van der Waals surface area contributed by atoms with Crippen molar-refractivity contribution in [3.63, 3.8) is 0 Å². The van der Waals surface area contributed by atoms with Gasteiger partial charge >= 0.3 is 0 Å². The monoisotopic (exact) mass is 369 g/mol. The Morgan fingerprint density at radius 2 is 2.04 bits per heavy atom. The first-order valence-corrected chi connectivity index (χ1v) is 9.14. The van der Waals surface area contributed by atoms with E-state index in [4.69, 9.17) is 9.47 Å². The van der Waals surface area contributed by atoms with E-state index in [9.17, 15) is 8.78 Å². The summed E-state index contributed by atoms with van der Waals surface area (Å²) < 4.78 is 37.8. The van der Waals surface area contributed by atoms with Gasteiger partial charge in [-0.1, -0.05) is 12.1 Å². The molecule has 0 atom stereocenters. The van der Waals surface area contributed by atoms with Crippen LogP contribution in [0.5, 0.6) is 0 Å². The fourth-order valence-corrected chi connectivity index (χ4v) is 3.07. The summed E-state index contributed by atoms with van der Waals surface area (Å²) in [5.74, 6) is -0.783. The Balaban J connectivity index is 1.72. The Hall–Kier alpha value is -1.73. The van der Waals surface area contributed by atoms with Gasteiger partial charge in [0.2, 0.25) is 0 Å². The third-order valence-corrected chi connectivity index (χ3v) is 4.51. The lowest BCUT2D eigenvalue weighted by atomic mass is 10.1. The standard InChI is InChI=1S/C19H29F2N3O2/c1-22-19(23-10-7-15-5-3-6-17(20)18(15)21)24-11-8-16(9-12-24)26-14-4-13-25-2/h3,5-6,16H,4,7-14H2,1-2H3,(H,22,23). The molecule has 1 aromatic rings. The highest BCUT2D eigenvalue weighted by molar-refractivity contribution is 5.79. The van der Waals surface area contributed by atoms with Crippen LogP contribution in [-0.2, 0) is 15.9 Å². The SMILES string of the molecule is CN=C(NCCc1cccc(F)c1F)N1CCC(OCCCOC)CC1. The van der Waals surface area contributed by atoms with Gasteiger partial charge < -0.3 is 19.7 Å². The molecule has 0 aliphatic carbocycles. The van der Waals surface area contributed by atoms with Crippen molar-refractivity contribution in [1.82, 2.24) is 10.2 Å². The van der Waals surface area contributed by atoms with Crippen LogP contribution < -0.4 is 5.32 Å². The third kappa shape index (κ3) is 6.21. The van der Waals surface area contributed by atoms with Gasteiger partial charge in [0.15, 0.2) is 17.6 Å². The lowest BCUT2D eigenvalue weighted by Crippen LogP contribution is -2.47. The van der Waals surface area contributed by atoms with Gasteiger partial charge in [-0.05, 0) is 37.3 Å². The summed E-state index contributed by atoms with van der Waals surface area (Å²) >= 11 is 0. The van der Waals surface area contributed by atoms with Crippen LogP contribution in [0.25, 0.3) is 0 Å². The fourth-order valence-electron chi connectivity index (χ4n) is 3.07. The average Bonchev–Trinajstić information content (AvgIpc) is 2.66. The van der Waals surface area contributed by atoms with E-state index >= 15 is 0 Å². The summed E-state index contributed by atoms with van der Waals surface area (Å²) in [4.78, 5) is 6.48. The molecular weight excluding hydrogens is 340 g/mol. The second-order valence-electron chi connectivity index (χ2n) is 6.34. The van der Waals surface area contributed by atoms with Crippen LogP contribution in [0.2, 0.25) is 0 Å². The maximum Gasteiger partial charge on any atom is 0.193 e. The molecule has 1 saturated heterocycles. The van der Waals surface area contributed by atoms with Gasteiger partial charge in [0, 0.05) is 47.0 Å². The van der Waals surface area contributed by atoms with Crippen LogP contribution in [0.15, 0.2) is 23.2 Å². The van der Waals surface area contributed by atoms with E-state index in [0.29, 0.717) is 18.5 Å². The molecule has 2 rings (SSSR count). The molecule has 7 heteroatoms. The summed E-state index contributed by atoms with van der Waals surface area (Å²) in [7, 11) is 3.43. The van der Waals surface area contributed by atoms with Gasteiger partial charge in [-0.25, -0.2) is 8.78 Å². The van der Waals surface area contributed by atoms with E-state index in [-0.39, 0.29) is 6.10 Å². The number of aliphatic imine (C=N–C) groups is 1. The van der Waals surface area contributed by atoms with E-state index in [1.165, 1.54) is 6.07 Å². The summed E-state index contributed by atoms with van der Waals surface area (Å²) in [6.07, 6.45) is 3.50. The van der Waals surface area contributed by atoms with E-state index in [0.717, 1.165) is 57.6 Å². The Morgan fingerprint density at radius 1 is 1.27 bits per heavy atom. The molecule has 5 nitrogen and oxygen atoms in total. The number of nitrogens with one attached hydrogen (secondary N) is 1. The molecule has 1 aliphatic rings. The molecule has 0 aromatic heterocycles. The first-order chi connectivity index (χ1) is 12.7. The van der Waals surface area contributed by atoms with Crippen molar-refractivity contribution < 1.29 is 18.3 Å². The minimum Gasteiger partial charge on any atom is -0.385 e. The summed E-state index contributed by atoms with van der Waals surface area (Å²) in [5, 5.41) is 3.24. The number of hydrogen-bond donors (Lipinski definition) is 1. The highest BCUT2D eigenvalue weighted by atomic mass is 19.2. The second-order valence-corrected chi connectivity index (χ2v) is 6.34. The van der Waals surface area contributed by atoms with Gasteiger partial charge in [0.1, 0.15) is 0 Å². The van der Waals surface area contributed by atoms with Crippen molar-refractivity contribution in [2.45, 2.75) is 31.8 Å². The Labute approximate surface area is 154 Å². The number of methoxy groups -OCH3 is 1. The zero-order valence-electron chi connectivity index (χ0n) is 15.6. The highest BCUT2D eigenvalue weighted by Crippen LogP contribution is 2.15. The molecule has 0 bridgehead atoms. The number of hydrogen-bond acceptors (Lipinski definition) is 3. The van der Waals surface area contributed by atoms with Crippen LogP contribution in [0.4, 0.5) is 8.78 Å². The maximum absolute atomic E-state index is 13.7. The van der Waals surface area contributed by atoms with Crippen molar-refractivity contribution in [2.75, 3.05) is 47.0 Å². The number of ether oxygens (including phenoxy) is 2. The molecule has 26 heavy (non-hydrogen) atoms. The van der Waals surface area contributed by atoms with Crippen LogP contribution in [0.3, 0.4) is 0 Å². The number of piperidine rings is 1. The molecule has 1 heterocycles. The van der Waals surface area contributed by atoms with Crippen LogP contribution in [0.1, 0.15) is 24.8 Å². The molecule has 146 valence electrons. The minimum absolute atomic E-state index is 0.280. The van der Waals surface area contributed by atoms with Gasteiger partial charge in [-0.15, -0.1) is 0 Å². The zero-order valence-corrected chi connectivity index (χ0v) is 15.6. The van der Waals surface area contributed by atoms with E-state index < -0.39 is 11.6 Å². The number of halogens is 2. The Morgan fingerprint density at radius 3 is 2.73 bits per heavy atom. The number of guanidine groups is 1. The molecule has 1 aromatic carbocycles. The lowest BCUT2D eigenvalue weighted by molar-refractivity contribution is 0.00991. The van der Waals surface area contributed by atoms with Crippen LogP contribution >= 0.6 is 0 Å². The number of likely N-dealkylation sites (tertiary alicyclic amines) is 1. The van der Waals surface area contributed by atoms with Gasteiger partial charge in [-0.2, -0.15) is 0 Å². The second kappa shape index (κ2) is 11.1. The maximum atomic E-state index is 13.7. The number of nitrogens with zero attached hydrogens (tertiary/aromatic N) is 2. The molecule has 0 unspecified atom stereocenters. The zero-order chi connectivity index (χ0) is 18.8. The van der Waals surface area contributed by atoms with Crippen molar-refractivity contribution >= 4 is 5.96 Å². The quantitative estimate of drug-likeness (QED) is 0.435. The molecule has 0 saturated carbocycles. The normalized spacial score (nSPS) is 16.2. The van der Waals surface area contributed by atoms with Gasteiger partial charge in [-0.3, -0.25) is 4.99 Å². The Bertz CT molecular complexity index is 576. The summed E-state index contributed by atoms with van der Waals surface area (Å²) in [6, 6.07) is 4.27. The first kappa shape index (κ1) is 20.6. The van der Waals surface area contributed by atoms with Crippen molar-refractivity contribution in [3.8, 4) is 0 Å². The van der Waals surface area contributed by atoms with E-state index in [1.54, 1.807) is 20.2 Å². The molecular formula is C19H29F2N3O2. The predicted octanol–water partition coefficient (Wildman–Crippen LogP) is 2.60. The molecule has 1 fully saturated rings. The average molecular weight is 369 g/mol. The van der Waals surface area contributed by atoms with Crippen LogP contribution in [-0.4, -0.2) is 64.0 Å². The van der Waals surface area contributed by atoms with Crippen molar-refractivity contribution in [1.29, 1.82) is 0 Å². The van der Waals surface area contributed by atoms with Gasteiger partial charge in [0.05, 0.1) is 6.10 Å². The molecule has 0 spiro atoms. The predicted molar refractivity (Wildman–Crippen MR) is 98.5 cm³/mol. The molecule has 0 amide bonds. The topological polar surface area (TPSA) is 46.1 Å². The van der Waals surface area contributed by atoms with E-state index in [1.807, 2.05) is 0 Å². The summed E-state index contributed by atoms with van der Waals surface area (Å²) in [5.41, 5.74) is 0.371. The van der Waals surface area contributed by atoms with Crippen molar-refractivity contribution in [2.24, 2.45) is 4.99 Å². The molecule has 1 N–H and O–H groups in total. The first-order valence-electron chi connectivity index (χ1n) is 9.14. The van der Waals surface area contributed by atoms with E-state index in [2.05, 4.69) is 15.2 Å². The highest BCUT2D eigenvalue weighted by Gasteiger charge is 2.21. The third-order valence-electron chi connectivity index (χ3n) is 4.51. The number of benzene rings is 1. The molecule has 0 radical (unpaired) electrons. The smallest absolute Gasteiger partial charge is 0.193 e. The fraction of sp³-hybridized carbons (Fsp3) is 0.632. The molecule has 1 aliphatic heterocycles. The number of rotatable bonds is 8. The van der Waals surface area contributed by atoms with Crippen molar-refractivity contribution in [3.05, 3.63) is 35.4 Å². The largest absolute Gasteiger partial charge is 0.385 e. The summed E-state index contributed by atoms with van der Waals surface area (Å²) in [6.45, 7) is 3.68. The minimum atomic E-state index is -0.806. The van der Waals surface area contributed by atoms with Gasteiger partial charge in [0.25, 0.3) is 0 Å². The van der Waals surface area contributed by atoms with Crippen LogP contribution in [0, 0.1) is 11.6 Å². The Kier molecular flexibility index (Phi) is 8.77. The lowest BCUT2D eigenvalue weighted by Gasteiger charge is -2.34.